The van der Waals surface area contributed by atoms with Gasteiger partial charge in [-0.1, -0.05) is 12.1 Å². The molecule has 1 heterocycles. The second kappa shape index (κ2) is 9.87. The zero-order valence-electron chi connectivity index (χ0n) is 15.6. The summed E-state index contributed by atoms with van der Waals surface area (Å²) in [6, 6.07) is 10.6. The van der Waals surface area contributed by atoms with Gasteiger partial charge in [-0.15, -0.1) is 11.3 Å². The molecule has 2 aromatic rings. The Labute approximate surface area is 162 Å². The highest BCUT2D eigenvalue weighted by atomic mass is 32.1. The molecule has 1 amide bonds. The summed E-state index contributed by atoms with van der Waals surface area (Å²) in [5.74, 6) is -0.607. The van der Waals surface area contributed by atoms with Crippen LogP contribution in [0, 0.1) is 6.92 Å². The van der Waals surface area contributed by atoms with Crippen molar-refractivity contribution in [2.45, 2.75) is 39.7 Å². The van der Waals surface area contributed by atoms with Gasteiger partial charge in [0.15, 0.2) is 11.9 Å². The maximum Gasteiger partial charge on any atom is 0.307 e. The highest BCUT2D eigenvalue weighted by molar-refractivity contribution is 7.14. The van der Waals surface area contributed by atoms with Crippen molar-refractivity contribution in [3.05, 3.63) is 46.2 Å². The van der Waals surface area contributed by atoms with Crippen molar-refractivity contribution in [2.24, 2.45) is 0 Å². The summed E-state index contributed by atoms with van der Waals surface area (Å²) < 4.78 is 10.6. The third kappa shape index (κ3) is 6.21. The number of hydrogen-bond acceptors (Lipinski definition) is 6. The summed E-state index contributed by atoms with van der Waals surface area (Å²) in [6.07, 6.45) is -0.991. The predicted molar refractivity (Wildman–Crippen MR) is 104 cm³/mol. The highest BCUT2D eigenvalue weighted by Crippen LogP contribution is 2.24. The van der Waals surface area contributed by atoms with E-state index < -0.39 is 18.0 Å². The smallest absolute Gasteiger partial charge is 0.307 e. The molecule has 1 aromatic carbocycles. The van der Waals surface area contributed by atoms with Gasteiger partial charge in [-0.25, -0.2) is 0 Å². The molecule has 1 N–H and O–H groups in total. The number of nitrogens with one attached hydrogen (secondary N) is 1. The number of aryl methyl sites for hydroxylation is 1. The third-order valence-electron chi connectivity index (χ3n) is 3.69. The average molecular weight is 389 g/mol. The molecule has 0 fully saturated rings. The number of amides is 1. The monoisotopic (exact) mass is 389 g/mol. The first-order valence-corrected chi connectivity index (χ1v) is 9.54. The van der Waals surface area contributed by atoms with Crippen molar-refractivity contribution >= 4 is 34.7 Å². The lowest BCUT2D eigenvalue weighted by Gasteiger charge is -2.15. The van der Waals surface area contributed by atoms with Crippen molar-refractivity contribution in [3.63, 3.8) is 0 Å². The van der Waals surface area contributed by atoms with Crippen molar-refractivity contribution in [2.75, 3.05) is 11.9 Å². The molecule has 1 atom stereocenters. The fourth-order valence-electron chi connectivity index (χ4n) is 2.32. The molecule has 0 unspecified atom stereocenters. The predicted octanol–water partition coefficient (Wildman–Crippen LogP) is 3.99. The zero-order chi connectivity index (χ0) is 19.8. The van der Waals surface area contributed by atoms with Gasteiger partial charge in [0.25, 0.3) is 5.91 Å². The van der Waals surface area contributed by atoms with Gasteiger partial charge in [-0.05, 0) is 45.0 Å². The number of anilines is 1. The lowest BCUT2D eigenvalue weighted by atomic mass is 10.2. The van der Waals surface area contributed by atoms with Crippen LogP contribution in [0.3, 0.4) is 0 Å². The first kappa shape index (κ1) is 20.6. The van der Waals surface area contributed by atoms with E-state index in [4.69, 9.17) is 9.47 Å². The zero-order valence-corrected chi connectivity index (χ0v) is 16.4. The number of carbonyl (C=O) groups excluding carboxylic acids is 3. The molecule has 0 bridgehead atoms. The van der Waals surface area contributed by atoms with E-state index in [1.807, 2.05) is 19.9 Å². The second-order valence-electron chi connectivity index (χ2n) is 5.88. The van der Waals surface area contributed by atoms with Gasteiger partial charge in [0.1, 0.15) is 5.75 Å². The molecule has 1 aromatic heterocycles. The molecule has 27 heavy (non-hydrogen) atoms. The van der Waals surface area contributed by atoms with Gasteiger partial charge in [-0.3, -0.25) is 14.4 Å². The number of para-hydroxylation sites is 2. The fraction of sp³-hybridized carbons (Fsp3) is 0.350. The van der Waals surface area contributed by atoms with E-state index in [0.717, 1.165) is 4.88 Å². The van der Waals surface area contributed by atoms with E-state index in [9.17, 15) is 14.4 Å². The van der Waals surface area contributed by atoms with Crippen molar-refractivity contribution in [1.29, 1.82) is 0 Å². The van der Waals surface area contributed by atoms with Gasteiger partial charge in [0.2, 0.25) is 0 Å². The van der Waals surface area contributed by atoms with Crippen LogP contribution < -0.4 is 10.1 Å². The van der Waals surface area contributed by atoms with E-state index >= 15 is 0 Å². The lowest BCUT2D eigenvalue weighted by Crippen LogP contribution is -2.30. The largest absolute Gasteiger partial charge is 0.492 e. The molecule has 0 aliphatic heterocycles. The van der Waals surface area contributed by atoms with Gasteiger partial charge < -0.3 is 14.8 Å². The number of esters is 1. The molecule has 0 saturated carbocycles. The number of hydrogen-bond donors (Lipinski definition) is 1. The highest BCUT2D eigenvalue weighted by Gasteiger charge is 2.20. The first-order valence-electron chi connectivity index (χ1n) is 8.72. The van der Waals surface area contributed by atoms with E-state index in [2.05, 4.69) is 5.32 Å². The Morgan fingerprint density at radius 1 is 1.11 bits per heavy atom. The minimum atomic E-state index is -0.980. The molecule has 0 radical (unpaired) electrons. The maximum absolute atomic E-state index is 12.3. The van der Waals surface area contributed by atoms with Crippen LogP contribution in [-0.2, 0) is 14.3 Å². The Hall–Kier alpha value is -2.67. The van der Waals surface area contributed by atoms with Crippen LogP contribution >= 0.6 is 11.3 Å². The molecular formula is C20H23NO5S. The van der Waals surface area contributed by atoms with Crippen molar-refractivity contribution < 1.29 is 23.9 Å². The number of benzene rings is 1. The van der Waals surface area contributed by atoms with Crippen LogP contribution in [0.4, 0.5) is 5.69 Å². The lowest BCUT2D eigenvalue weighted by molar-refractivity contribution is -0.153. The van der Waals surface area contributed by atoms with Gasteiger partial charge in [0, 0.05) is 11.3 Å². The summed E-state index contributed by atoms with van der Waals surface area (Å²) in [5, 5.41) is 2.69. The Morgan fingerprint density at radius 3 is 2.52 bits per heavy atom. The first-order chi connectivity index (χ1) is 12.9. The summed E-state index contributed by atoms with van der Waals surface area (Å²) in [7, 11) is 0. The molecule has 7 heteroatoms. The maximum atomic E-state index is 12.3. The van der Waals surface area contributed by atoms with E-state index in [0.29, 0.717) is 22.9 Å². The molecule has 0 spiro atoms. The van der Waals surface area contributed by atoms with Crippen LogP contribution in [-0.4, -0.2) is 30.4 Å². The van der Waals surface area contributed by atoms with Crippen LogP contribution in [0.25, 0.3) is 0 Å². The Kier molecular flexibility index (Phi) is 7.55. The molecule has 0 saturated heterocycles. The summed E-state index contributed by atoms with van der Waals surface area (Å²) in [5.41, 5.74) is 0.510. The quantitative estimate of drug-likeness (QED) is 0.518. The van der Waals surface area contributed by atoms with Gasteiger partial charge in [0.05, 0.1) is 23.6 Å². The van der Waals surface area contributed by atoms with Crippen molar-refractivity contribution in [1.82, 2.24) is 0 Å². The number of carbonyl (C=O) groups is 3. The minimum absolute atomic E-state index is 0.0559. The minimum Gasteiger partial charge on any atom is -0.492 e. The molecule has 144 valence electrons. The number of ether oxygens (including phenoxy) is 2. The fourth-order valence-corrected chi connectivity index (χ4v) is 3.15. The molecular weight excluding hydrogens is 366 g/mol. The SMILES string of the molecule is CCOc1ccccc1NC(=O)[C@@H](C)OC(=O)CCC(=O)c1ccc(C)s1. The van der Waals surface area contributed by atoms with Gasteiger partial charge >= 0.3 is 5.97 Å². The number of ketones is 1. The summed E-state index contributed by atoms with van der Waals surface area (Å²) in [4.78, 5) is 37.9. The molecule has 2 rings (SSSR count). The number of thiophene rings is 1. The standard InChI is InChI=1S/C20H23NO5S/c1-4-25-17-8-6-5-7-15(17)21-20(24)14(3)26-19(23)12-10-16(22)18-11-9-13(2)27-18/h5-9,11,14H,4,10,12H2,1-3H3,(H,21,24)/t14-/m1/s1. The van der Waals surface area contributed by atoms with Crippen LogP contribution in [0.2, 0.25) is 0 Å². The second-order valence-corrected chi connectivity index (χ2v) is 7.17. The molecule has 0 aliphatic rings. The van der Waals surface area contributed by atoms with Crippen molar-refractivity contribution in [3.8, 4) is 5.75 Å². The molecule has 6 nitrogen and oxygen atoms in total. The van der Waals surface area contributed by atoms with Crippen LogP contribution in [0.15, 0.2) is 36.4 Å². The summed E-state index contributed by atoms with van der Waals surface area (Å²) >= 11 is 1.40. The number of Topliss-reactive ketones (excluding diaryl/α,β-unsaturated/α-hetero) is 1. The number of rotatable bonds is 9. The van der Waals surface area contributed by atoms with E-state index in [1.165, 1.54) is 18.3 Å². The van der Waals surface area contributed by atoms with E-state index in [-0.39, 0.29) is 18.6 Å². The Bertz CT molecular complexity index is 814. The normalized spacial score (nSPS) is 11.5. The third-order valence-corrected chi connectivity index (χ3v) is 4.74. The van der Waals surface area contributed by atoms with E-state index in [1.54, 1.807) is 30.3 Å². The average Bonchev–Trinajstić information content (AvgIpc) is 3.08. The van der Waals surface area contributed by atoms with Crippen LogP contribution in [0.5, 0.6) is 5.75 Å². The molecule has 0 aliphatic carbocycles. The Morgan fingerprint density at radius 2 is 1.85 bits per heavy atom. The summed E-state index contributed by atoms with van der Waals surface area (Å²) in [6.45, 7) is 5.72. The van der Waals surface area contributed by atoms with Crippen LogP contribution in [0.1, 0.15) is 41.2 Å². The van der Waals surface area contributed by atoms with Gasteiger partial charge in [-0.2, -0.15) is 0 Å². The topological polar surface area (TPSA) is 81.7 Å². The Balaban J connectivity index is 1.83.